The first kappa shape index (κ1) is 16.1. The highest BCUT2D eigenvalue weighted by Gasteiger charge is 2.23. The number of aliphatic carboxylic acids is 1. The minimum absolute atomic E-state index is 0.0680. The predicted molar refractivity (Wildman–Crippen MR) is 82.9 cm³/mol. The average Bonchev–Trinajstić information content (AvgIpc) is 2.47. The first-order valence-electron chi connectivity index (χ1n) is 7.07. The van der Waals surface area contributed by atoms with Crippen molar-refractivity contribution in [3.05, 3.63) is 22.2 Å². The second-order valence-corrected chi connectivity index (χ2v) is 6.02. The third kappa shape index (κ3) is 3.89. The largest absolute Gasteiger partial charge is 0.486 e. The highest BCUT2D eigenvalue weighted by Crippen LogP contribution is 2.35. The summed E-state index contributed by atoms with van der Waals surface area (Å²) in [7, 11) is 0. The van der Waals surface area contributed by atoms with Crippen molar-refractivity contribution in [2.24, 2.45) is 5.92 Å². The molecule has 5 nitrogen and oxygen atoms in total. The number of ether oxygens (including phenoxy) is 2. The lowest BCUT2D eigenvalue weighted by Gasteiger charge is -2.22. The van der Waals surface area contributed by atoms with Crippen LogP contribution in [0.15, 0.2) is 16.6 Å². The minimum atomic E-state index is -0.821. The van der Waals surface area contributed by atoms with Gasteiger partial charge in [-0.15, -0.1) is 0 Å². The summed E-state index contributed by atoms with van der Waals surface area (Å²) in [6, 6.07) is 3.20. The molecule has 2 rings (SSSR count). The molecule has 0 fully saturated rings. The smallest absolute Gasteiger partial charge is 0.320 e. The first-order valence-corrected chi connectivity index (χ1v) is 7.86. The topological polar surface area (TPSA) is 67.8 Å². The minimum Gasteiger partial charge on any atom is -0.486 e. The molecule has 1 aliphatic rings. The standard InChI is InChI=1S/C15H20BrNO4/c1-3-9(2)14(15(18)19)17-8-10-6-12-13(7-11(10)16)21-5-4-20-12/h6-7,9,14,17H,3-5,8H2,1-2H3,(H,18,19)/t9-,14-/m0/s1. The molecule has 0 radical (unpaired) electrons. The second-order valence-electron chi connectivity index (χ2n) is 5.17. The fraction of sp³-hybridized carbons (Fsp3) is 0.533. The molecule has 0 saturated carbocycles. The summed E-state index contributed by atoms with van der Waals surface area (Å²) in [6.45, 7) is 5.46. The van der Waals surface area contributed by atoms with E-state index in [-0.39, 0.29) is 5.92 Å². The zero-order chi connectivity index (χ0) is 15.4. The maximum atomic E-state index is 11.3. The van der Waals surface area contributed by atoms with E-state index in [0.29, 0.717) is 31.3 Å². The fourth-order valence-electron chi connectivity index (χ4n) is 2.23. The molecule has 0 saturated heterocycles. The third-order valence-electron chi connectivity index (χ3n) is 3.70. The second kappa shape index (κ2) is 7.13. The lowest BCUT2D eigenvalue weighted by Crippen LogP contribution is -2.41. The molecule has 1 aliphatic heterocycles. The Kier molecular flexibility index (Phi) is 5.47. The van der Waals surface area contributed by atoms with E-state index < -0.39 is 12.0 Å². The Labute approximate surface area is 132 Å². The van der Waals surface area contributed by atoms with Gasteiger partial charge in [0.2, 0.25) is 0 Å². The van der Waals surface area contributed by atoms with Crippen molar-refractivity contribution in [1.29, 1.82) is 0 Å². The van der Waals surface area contributed by atoms with Gasteiger partial charge in [0.05, 0.1) is 0 Å². The van der Waals surface area contributed by atoms with Crippen LogP contribution in [0.4, 0.5) is 0 Å². The van der Waals surface area contributed by atoms with Crippen LogP contribution in [0.1, 0.15) is 25.8 Å². The van der Waals surface area contributed by atoms with E-state index in [4.69, 9.17) is 9.47 Å². The van der Waals surface area contributed by atoms with Crippen LogP contribution >= 0.6 is 15.9 Å². The van der Waals surface area contributed by atoms with Crippen molar-refractivity contribution in [2.45, 2.75) is 32.9 Å². The monoisotopic (exact) mass is 357 g/mol. The van der Waals surface area contributed by atoms with Crippen molar-refractivity contribution in [2.75, 3.05) is 13.2 Å². The molecule has 116 valence electrons. The summed E-state index contributed by atoms with van der Waals surface area (Å²) in [4.78, 5) is 11.3. The molecule has 21 heavy (non-hydrogen) atoms. The zero-order valence-electron chi connectivity index (χ0n) is 12.2. The molecule has 2 atom stereocenters. The number of fused-ring (bicyclic) bond motifs is 1. The summed E-state index contributed by atoms with van der Waals surface area (Å²) in [6.07, 6.45) is 0.812. The van der Waals surface area contributed by atoms with Gasteiger partial charge in [-0.05, 0) is 23.6 Å². The molecule has 0 aliphatic carbocycles. The van der Waals surface area contributed by atoms with Gasteiger partial charge in [-0.2, -0.15) is 0 Å². The van der Waals surface area contributed by atoms with Gasteiger partial charge in [0, 0.05) is 11.0 Å². The van der Waals surface area contributed by atoms with E-state index in [1.165, 1.54) is 0 Å². The van der Waals surface area contributed by atoms with Gasteiger partial charge in [-0.3, -0.25) is 4.79 Å². The van der Waals surface area contributed by atoms with E-state index >= 15 is 0 Å². The van der Waals surface area contributed by atoms with E-state index in [0.717, 1.165) is 16.5 Å². The number of carbonyl (C=O) groups is 1. The van der Waals surface area contributed by atoms with Crippen LogP contribution in [0.5, 0.6) is 11.5 Å². The SMILES string of the molecule is CC[C@H](C)[C@H](NCc1cc2c(cc1Br)OCCO2)C(=O)O. The van der Waals surface area contributed by atoms with Crippen LogP contribution in [0, 0.1) is 5.92 Å². The summed E-state index contributed by atoms with van der Waals surface area (Å²) in [5.41, 5.74) is 0.953. The number of carboxylic acids is 1. The summed E-state index contributed by atoms with van der Waals surface area (Å²) < 4.78 is 11.9. The Hall–Kier alpha value is -1.27. The normalized spacial score (nSPS) is 16.3. The highest BCUT2D eigenvalue weighted by molar-refractivity contribution is 9.10. The van der Waals surface area contributed by atoms with Crippen molar-refractivity contribution < 1.29 is 19.4 Å². The van der Waals surface area contributed by atoms with Gasteiger partial charge >= 0.3 is 5.97 Å². The number of halogens is 1. The lowest BCUT2D eigenvalue weighted by atomic mass is 9.99. The van der Waals surface area contributed by atoms with E-state index in [2.05, 4.69) is 21.2 Å². The molecule has 1 heterocycles. The number of benzene rings is 1. The van der Waals surface area contributed by atoms with Gasteiger partial charge in [0.15, 0.2) is 11.5 Å². The Morgan fingerprint density at radius 3 is 2.57 bits per heavy atom. The van der Waals surface area contributed by atoms with Crippen molar-refractivity contribution in [3.63, 3.8) is 0 Å². The van der Waals surface area contributed by atoms with Crippen LogP contribution in [0.3, 0.4) is 0 Å². The van der Waals surface area contributed by atoms with E-state index in [9.17, 15) is 9.90 Å². The fourth-order valence-corrected chi connectivity index (χ4v) is 2.69. The van der Waals surface area contributed by atoms with Crippen molar-refractivity contribution in [1.82, 2.24) is 5.32 Å². The van der Waals surface area contributed by atoms with Crippen LogP contribution in [-0.4, -0.2) is 30.3 Å². The molecule has 0 aromatic heterocycles. The molecule has 1 aromatic carbocycles. The molecule has 0 unspecified atom stereocenters. The molecular formula is C15H20BrNO4. The Morgan fingerprint density at radius 2 is 2.00 bits per heavy atom. The van der Waals surface area contributed by atoms with E-state index in [1.54, 1.807) is 0 Å². The summed E-state index contributed by atoms with van der Waals surface area (Å²) >= 11 is 3.49. The Balaban J connectivity index is 2.10. The first-order chi connectivity index (χ1) is 10.0. The molecule has 6 heteroatoms. The maximum absolute atomic E-state index is 11.3. The predicted octanol–water partition coefficient (Wildman–Crippen LogP) is 2.81. The van der Waals surface area contributed by atoms with Crippen molar-refractivity contribution in [3.8, 4) is 11.5 Å². The summed E-state index contributed by atoms with van der Waals surface area (Å²) in [5, 5.41) is 12.4. The Morgan fingerprint density at radius 1 is 1.38 bits per heavy atom. The van der Waals surface area contributed by atoms with Gasteiger partial charge in [0.1, 0.15) is 19.3 Å². The van der Waals surface area contributed by atoms with Crippen LogP contribution < -0.4 is 14.8 Å². The number of nitrogens with one attached hydrogen (secondary N) is 1. The quantitative estimate of drug-likeness (QED) is 0.819. The van der Waals surface area contributed by atoms with Crippen LogP contribution in [-0.2, 0) is 11.3 Å². The zero-order valence-corrected chi connectivity index (χ0v) is 13.8. The van der Waals surface area contributed by atoms with Crippen LogP contribution in [0.2, 0.25) is 0 Å². The molecule has 0 spiro atoms. The highest BCUT2D eigenvalue weighted by atomic mass is 79.9. The van der Waals surface area contributed by atoms with Crippen LogP contribution in [0.25, 0.3) is 0 Å². The molecule has 0 bridgehead atoms. The van der Waals surface area contributed by atoms with Gasteiger partial charge in [-0.1, -0.05) is 36.2 Å². The number of hydrogen-bond acceptors (Lipinski definition) is 4. The van der Waals surface area contributed by atoms with Crippen molar-refractivity contribution >= 4 is 21.9 Å². The van der Waals surface area contributed by atoms with Gasteiger partial charge in [-0.25, -0.2) is 0 Å². The number of rotatable bonds is 6. The maximum Gasteiger partial charge on any atom is 0.320 e. The molecule has 0 amide bonds. The molecule has 1 aromatic rings. The third-order valence-corrected chi connectivity index (χ3v) is 4.44. The van der Waals surface area contributed by atoms with Gasteiger partial charge in [0.25, 0.3) is 0 Å². The molecular weight excluding hydrogens is 338 g/mol. The Bertz CT molecular complexity index is 521. The lowest BCUT2D eigenvalue weighted by molar-refractivity contribution is -0.140. The van der Waals surface area contributed by atoms with E-state index in [1.807, 2.05) is 26.0 Å². The average molecular weight is 358 g/mol. The summed E-state index contributed by atoms with van der Waals surface area (Å²) in [5.74, 6) is 0.668. The van der Waals surface area contributed by atoms with Gasteiger partial charge < -0.3 is 19.9 Å². The number of carboxylic acid groups (broad SMARTS) is 1. The number of hydrogen-bond donors (Lipinski definition) is 2. The molecule has 2 N–H and O–H groups in total.